The first-order valence-corrected chi connectivity index (χ1v) is 10.1. The highest BCUT2D eigenvalue weighted by Crippen LogP contribution is 2.28. The van der Waals surface area contributed by atoms with E-state index in [1.807, 2.05) is 23.1 Å². The molecule has 0 saturated carbocycles. The summed E-state index contributed by atoms with van der Waals surface area (Å²) in [6.45, 7) is 8.10. The van der Waals surface area contributed by atoms with Crippen molar-refractivity contribution in [3.63, 3.8) is 0 Å². The van der Waals surface area contributed by atoms with Crippen LogP contribution in [-0.2, 0) is 11.2 Å². The van der Waals surface area contributed by atoms with Crippen molar-refractivity contribution in [3.8, 4) is 5.75 Å². The Balaban J connectivity index is 1.49. The summed E-state index contributed by atoms with van der Waals surface area (Å²) in [5, 5.41) is 3.48. The van der Waals surface area contributed by atoms with Gasteiger partial charge in [-0.05, 0) is 36.6 Å². The van der Waals surface area contributed by atoms with Crippen molar-refractivity contribution in [2.45, 2.75) is 26.7 Å². The Morgan fingerprint density at radius 1 is 1.07 bits per heavy atom. The Hall–Kier alpha value is -2.69. The number of carbonyl (C=O) groups is 1. The van der Waals surface area contributed by atoms with Crippen LogP contribution in [0.4, 0.5) is 11.4 Å². The fraction of sp³-hybridized carbons (Fsp3) is 0.435. The molecule has 3 rings (SSSR count). The van der Waals surface area contributed by atoms with Gasteiger partial charge in [-0.25, -0.2) is 0 Å². The van der Waals surface area contributed by atoms with Gasteiger partial charge >= 0.3 is 0 Å². The van der Waals surface area contributed by atoms with Crippen LogP contribution in [-0.4, -0.2) is 50.6 Å². The predicted molar refractivity (Wildman–Crippen MR) is 115 cm³/mol. The highest BCUT2D eigenvalue weighted by atomic mass is 16.5. The number of nitrogens with zero attached hydrogens (tertiary/aromatic N) is 2. The zero-order chi connectivity index (χ0) is 19.9. The summed E-state index contributed by atoms with van der Waals surface area (Å²) in [7, 11) is 1.70. The van der Waals surface area contributed by atoms with Crippen LogP contribution in [0.2, 0.25) is 0 Å². The number of para-hydroxylation sites is 3. The van der Waals surface area contributed by atoms with E-state index in [1.54, 1.807) is 7.11 Å². The van der Waals surface area contributed by atoms with Crippen molar-refractivity contribution < 1.29 is 9.53 Å². The van der Waals surface area contributed by atoms with Crippen LogP contribution in [0.3, 0.4) is 0 Å². The molecule has 0 bridgehead atoms. The Bertz CT molecular complexity index is 798. The van der Waals surface area contributed by atoms with Gasteiger partial charge < -0.3 is 19.9 Å². The monoisotopic (exact) mass is 381 g/mol. The lowest BCUT2D eigenvalue weighted by molar-refractivity contribution is -0.131. The van der Waals surface area contributed by atoms with E-state index >= 15 is 0 Å². The van der Waals surface area contributed by atoms with Gasteiger partial charge in [0.05, 0.1) is 12.8 Å². The first kappa shape index (κ1) is 20.1. The molecule has 5 heteroatoms. The summed E-state index contributed by atoms with van der Waals surface area (Å²) in [6, 6.07) is 14.4. The molecule has 0 aromatic heterocycles. The SMILES string of the molecule is CCc1cccc(C)c1NCCC(=O)N1CCN(c2ccccc2OC)CC1. The molecule has 1 fully saturated rings. The van der Waals surface area contributed by atoms with E-state index in [4.69, 9.17) is 4.74 Å². The minimum Gasteiger partial charge on any atom is -0.495 e. The predicted octanol–water partition coefficient (Wildman–Crippen LogP) is 3.72. The lowest BCUT2D eigenvalue weighted by atomic mass is 10.1. The van der Waals surface area contributed by atoms with E-state index in [0.717, 1.165) is 44.0 Å². The van der Waals surface area contributed by atoms with Crippen molar-refractivity contribution >= 4 is 17.3 Å². The first-order chi connectivity index (χ1) is 13.6. The molecule has 1 heterocycles. The zero-order valence-corrected chi connectivity index (χ0v) is 17.2. The molecule has 0 spiro atoms. The molecule has 1 saturated heterocycles. The van der Waals surface area contributed by atoms with Crippen LogP contribution >= 0.6 is 0 Å². The lowest BCUT2D eigenvalue weighted by Crippen LogP contribution is -2.49. The van der Waals surface area contributed by atoms with Crippen LogP contribution in [0, 0.1) is 6.92 Å². The molecule has 0 unspecified atom stereocenters. The summed E-state index contributed by atoms with van der Waals surface area (Å²) in [5.74, 6) is 1.11. The molecular weight excluding hydrogens is 350 g/mol. The zero-order valence-electron chi connectivity index (χ0n) is 17.2. The molecule has 0 atom stereocenters. The number of nitrogens with one attached hydrogen (secondary N) is 1. The molecule has 0 aliphatic carbocycles. The van der Waals surface area contributed by atoms with Gasteiger partial charge in [0.2, 0.25) is 5.91 Å². The smallest absolute Gasteiger partial charge is 0.224 e. The highest BCUT2D eigenvalue weighted by Gasteiger charge is 2.22. The second-order valence-electron chi connectivity index (χ2n) is 7.18. The van der Waals surface area contributed by atoms with Gasteiger partial charge in [0, 0.05) is 44.8 Å². The molecule has 28 heavy (non-hydrogen) atoms. The van der Waals surface area contributed by atoms with Crippen LogP contribution in [0.5, 0.6) is 5.75 Å². The largest absolute Gasteiger partial charge is 0.495 e. The minimum absolute atomic E-state index is 0.221. The number of rotatable bonds is 7. The Labute approximate surface area is 168 Å². The third kappa shape index (κ3) is 4.58. The second-order valence-corrected chi connectivity index (χ2v) is 7.18. The molecule has 2 aromatic carbocycles. The van der Waals surface area contributed by atoms with E-state index < -0.39 is 0 Å². The summed E-state index contributed by atoms with van der Waals surface area (Å²) >= 11 is 0. The molecule has 2 aromatic rings. The number of anilines is 2. The molecule has 1 aliphatic rings. The van der Waals surface area contributed by atoms with Crippen LogP contribution in [0.25, 0.3) is 0 Å². The van der Waals surface area contributed by atoms with Gasteiger partial charge in [0.1, 0.15) is 5.75 Å². The summed E-state index contributed by atoms with van der Waals surface area (Å²) in [5.41, 5.74) is 4.82. The first-order valence-electron chi connectivity index (χ1n) is 10.1. The molecule has 150 valence electrons. The van der Waals surface area contributed by atoms with E-state index in [2.05, 4.69) is 48.3 Å². The highest BCUT2D eigenvalue weighted by molar-refractivity contribution is 5.77. The lowest BCUT2D eigenvalue weighted by Gasteiger charge is -2.36. The standard InChI is InChI=1S/C23H31N3O2/c1-4-19-9-7-8-18(2)23(19)24-13-12-22(27)26-16-14-25(15-17-26)20-10-5-6-11-21(20)28-3/h5-11,24H,4,12-17H2,1-3H3. The van der Waals surface area contributed by atoms with Gasteiger partial charge in [-0.1, -0.05) is 37.3 Å². The van der Waals surface area contributed by atoms with Gasteiger partial charge in [-0.3, -0.25) is 4.79 Å². The Morgan fingerprint density at radius 2 is 1.82 bits per heavy atom. The van der Waals surface area contributed by atoms with Crippen LogP contribution in [0.1, 0.15) is 24.5 Å². The molecule has 1 aliphatic heterocycles. The van der Waals surface area contributed by atoms with Crippen molar-refractivity contribution in [1.82, 2.24) is 4.90 Å². The Morgan fingerprint density at radius 3 is 2.54 bits per heavy atom. The maximum absolute atomic E-state index is 12.6. The number of methoxy groups -OCH3 is 1. The summed E-state index contributed by atoms with van der Waals surface area (Å²) < 4.78 is 5.47. The summed E-state index contributed by atoms with van der Waals surface area (Å²) in [4.78, 5) is 16.9. The van der Waals surface area contributed by atoms with E-state index in [-0.39, 0.29) is 5.91 Å². The number of amides is 1. The van der Waals surface area contributed by atoms with Crippen LogP contribution < -0.4 is 15.0 Å². The number of hydrogen-bond acceptors (Lipinski definition) is 4. The summed E-state index contributed by atoms with van der Waals surface area (Å²) in [6.07, 6.45) is 1.51. The third-order valence-corrected chi connectivity index (χ3v) is 5.44. The molecule has 5 nitrogen and oxygen atoms in total. The molecule has 0 radical (unpaired) electrons. The van der Waals surface area contributed by atoms with Gasteiger partial charge in [-0.2, -0.15) is 0 Å². The average molecular weight is 382 g/mol. The van der Waals surface area contributed by atoms with Crippen molar-refractivity contribution in [2.75, 3.05) is 50.1 Å². The normalized spacial score (nSPS) is 14.1. The second kappa shape index (κ2) is 9.49. The molecular formula is C23H31N3O2. The van der Waals surface area contributed by atoms with Gasteiger partial charge in [0.25, 0.3) is 0 Å². The molecule has 1 amide bonds. The van der Waals surface area contributed by atoms with E-state index in [0.29, 0.717) is 13.0 Å². The van der Waals surface area contributed by atoms with E-state index in [1.165, 1.54) is 16.8 Å². The topological polar surface area (TPSA) is 44.8 Å². The number of carbonyl (C=O) groups excluding carboxylic acids is 1. The number of piperazine rings is 1. The number of benzene rings is 2. The van der Waals surface area contributed by atoms with Gasteiger partial charge in [-0.15, -0.1) is 0 Å². The number of hydrogen-bond donors (Lipinski definition) is 1. The average Bonchev–Trinajstić information content (AvgIpc) is 2.74. The van der Waals surface area contributed by atoms with Crippen molar-refractivity contribution in [2.24, 2.45) is 0 Å². The van der Waals surface area contributed by atoms with Crippen molar-refractivity contribution in [1.29, 1.82) is 0 Å². The fourth-order valence-electron chi connectivity index (χ4n) is 3.82. The van der Waals surface area contributed by atoms with Crippen molar-refractivity contribution in [3.05, 3.63) is 53.6 Å². The minimum atomic E-state index is 0.221. The van der Waals surface area contributed by atoms with Crippen LogP contribution in [0.15, 0.2) is 42.5 Å². The third-order valence-electron chi connectivity index (χ3n) is 5.44. The maximum Gasteiger partial charge on any atom is 0.224 e. The Kier molecular flexibility index (Phi) is 6.80. The fourth-order valence-corrected chi connectivity index (χ4v) is 3.82. The van der Waals surface area contributed by atoms with Gasteiger partial charge in [0.15, 0.2) is 0 Å². The quantitative estimate of drug-likeness (QED) is 0.794. The molecule has 1 N–H and O–H groups in total. The number of aryl methyl sites for hydroxylation is 2. The maximum atomic E-state index is 12.6. The van der Waals surface area contributed by atoms with E-state index in [9.17, 15) is 4.79 Å². The number of ether oxygens (including phenoxy) is 1.